The Bertz CT molecular complexity index is 532. The molecule has 1 aliphatic rings. The number of amides is 2. The number of nitrogens with zero attached hydrogens (tertiary/aromatic N) is 1. The van der Waals surface area contributed by atoms with Crippen molar-refractivity contribution in [3.8, 4) is 0 Å². The van der Waals surface area contributed by atoms with Crippen molar-refractivity contribution in [2.75, 3.05) is 32.7 Å². The molecule has 2 N–H and O–H groups in total. The molecule has 1 saturated heterocycles. The number of halogens is 3. The van der Waals surface area contributed by atoms with Crippen LogP contribution < -0.4 is 10.6 Å². The fraction of sp³-hybridized carbons (Fsp3) is 0.429. The highest BCUT2D eigenvalue weighted by molar-refractivity contribution is 6.42. The van der Waals surface area contributed by atoms with Crippen LogP contribution in [0.5, 0.6) is 0 Å². The van der Waals surface area contributed by atoms with Gasteiger partial charge in [0.2, 0.25) is 5.91 Å². The molecular formula is C14H18Cl3N3O2. The summed E-state index contributed by atoms with van der Waals surface area (Å²) in [4.78, 5) is 25.8. The van der Waals surface area contributed by atoms with Crippen LogP contribution in [0.15, 0.2) is 18.2 Å². The first-order valence-electron chi connectivity index (χ1n) is 6.79. The maximum Gasteiger partial charge on any atom is 0.251 e. The molecule has 0 radical (unpaired) electrons. The smallest absolute Gasteiger partial charge is 0.251 e. The number of hydrogen-bond donors (Lipinski definition) is 2. The molecule has 0 saturated carbocycles. The average Bonchev–Trinajstić information content (AvgIpc) is 2.76. The highest BCUT2D eigenvalue weighted by Gasteiger charge is 2.16. The van der Waals surface area contributed by atoms with Gasteiger partial charge in [-0.25, -0.2) is 0 Å². The van der Waals surface area contributed by atoms with Crippen molar-refractivity contribution >= 4 is 47.4 Å². The third-order valence-corrected chi connectivity index (χ3v) is 4.01. The van der Waals surface area contributed by atoms with E-state index in [4.69, 9.17) is 23.2 Å². The molecule has 1 aromatic carbocycles. The zero-order valence-corrected chi connectivity index (χ0v) is 14.2. The van der Waals surface area contributed by atoms with Crippen LogP contribution in [0.3, 0.4) is 0 Å². The summed E-state index contributed by atoms with van der Waals surface area (Å²) < 4.78 is 0. The Morgan fingerprint density at radius 2 is 1.95 bits per heavy atom. The SMILES string of the molecule is Cl.O=C(NCC(=O)N1CCCNCC1)c1ccc(Cl)c(Cl)c1. The molecule has 2 rings (SSSR count). The van der Waals surface area contributed by atoms with E-state index in [1.54, 1.807) is 17.0 Å². The van der Waals surface area contributed by atoms with E-state index in [-0.39, 0.29) is 30.8 Å². The topological polar surface area (TPSA) is 61.4 Å². The van der Waals surface area contributed by atoms with Crippen molar-refractivity contribution < 1.29 is 9.59 Å². The van der Waals surface area contributed by atoms with E-state index in [0.717, 1.165) is 19.5 Å². The number of carbonyl (C=O) groups excluding carboxylic acids is 2. The highest BCUT2D eigenvalue weighted by atomic mass is 35.5. The lowest BCUT2D eigenvalue weighted by Crippen LogP contribution is -2.41. The van der Waals surface area contributed by atoms with Gasteiger partial charge >= 0.3 is 0 Å². The molecular weight excluding hydrogens is 349 g/mol. The standard InChI is InChI=1S/C14H17Cl2N3O2.ClH/c15-11-3-2-10(8-12(11)16)14(21)18-9-13(20)19-6-1-4-17-5-7-19;/h2-3,8,17H,1,4-7,9H2,(H,18,21);1H. The first-order valence-corrected chi connectivity index (χ1v) is 7.55. The zero-order valence-electron chi connectivity index (χ0n) is 11.9. The summed E-state index contributed by atoms with van der Waals surface area (Å²) in [5, 5.41) is 6.54. The van der Waals surface area contributed by atoms with Crippen molar-refractivity contribution in [2.24, 2.45) is 0 Å². The molecule has 122 valence electrons. The second-order valence-corrected chi connectivity index (χ2v) is 5.61. The first-order chi connectivity index (χ1) is 10.1. The summed E-state index contributed by atoms with van der Waals surface area (Å²) >= 11 is 11.7. The summed E-state index contributed by atoms with van der Waals surface area (Å²) in [5.41, 5.74) is 0.384. The van der Waals surface area contributed by atoms with Crippen LogP contribution in [0, 0.1) is 0 Å². The summed E-state index contributed by atoms with van der Waals surface area (Å²) in [6.07, 6.45) is 0.923. The van der Waals surface area contributed by atoms with E-state index in [1.807, 2.05) is 0 Å². The molecule has 0 aromatic heterocycles. The van der Waals surface area contributed by atoms with Gasteiger partial charge in [-0.1, -0.05) is 23.2 Å². The Balaban J connectivity index is 0.00000242. The van der Waals surface area contributed by atoms with E-state index in [1.165, 1.54) is 6.07 Å². The molecule has 0 aliphatic carbocycles. The van der Waals surface area contributed by atoms with Crippen LogP contribution in [-0.2, 0) is 4.79 Å². The first kappa shape index (κ1) is 19.0. The second kappa shape index (κ2) is 9.20. The Kier molecular flexibility index (Phi) is 7.96. The Morgan fingerprint density at radius 1 is 1.18 bits per heavy atom. The van der Waals surface area contributed by atoms with Gasteiger partial charge in [0.05, 0.1) is 16.6 Å². The lowest BCUT2D eigenvalue weighted by molar-refractivity contribution is -0.129. The van der Waals surface area contributed by atoms with Gasteiger partial charge in [-0.3, -0.25) is 9.59 Å². The molecule has 5 nitrogen and oxygen atoms in total. The molecule has 0 bridgehead atoms. The molecule has 8 heteroatoms. The minimum atomic E-state index is -0.338. The Labute approximate surface area is 145 Å². The number of rotatable bonds is 3. The minimum absolute atomic E-state index is 0. The Hall–Kier alpha value is -1.01. The molecule has 1 aromatic rings. The van der Waals surface area contributed by atoms with Gasteiger partial charge in [0.1, 0.15) is 0 Å². The van der Waals surface area contributed by atoms with Gasteiger partial charge in [-0.2, -0.15) is 0 Å². The Morgan fingerprint density at radius 3 is 2.68 bits per heavy atom. The van der Waals surface area contributed by atoms with Crippen molar-refractivity contribution in [3.63, 3.8) is 0 Å². The van der Waals surface area contributed by atoms with Crippen LogP contribution in [0.4, 0.5) is 0 Å². The van der Waals surface area contributed by atoms with Crippen LogP contribution in [0.1, 0.15) is 16.8 Å². The van der Waals surface area contributed by atoms with Crippen molar-refractivity contribution in [2.45, 2.75) is 6.42 Å². The van der Waals surface area contributed by atoms with Gasteiger partial charge in [0.15, 0.2) is 0 Å². The third kappa shape index (κ3) is 5.32. The number of hydrogen-bond acceptors (Lipinski definition) is 3. The van der Waals surface area contributed by atoms with Crippen molar-refractivity contribution in [1.82, 2.24) is 15.5 Å². The summed E-state index contributed by atoms with van der Waals surface area (Å²) in [7, 11) is 0. The van der Waals surface area contributed by atoms with E-state index in [2.05, 4.69) is 10.6 Å². The molecule has 1 heterocycles. The molecule has 1 aliphatic heterocycles. The quantitative estimate of drug-likeness (QED) is 0.860. The predicted octanol–water partition coefficient (Wildman–Crippen LogP) is 1.97. The minimum Gasteiger partial charge on any atom is -0.343 e. The molecule has 0 spiro atoms. The molecule has 0 unspecified atom stereocenters. The van der Waals surface area contributed by atoms with Gasteiger partial charge in [0, 0.05) is 25.2 Å². The number of benzene rings is 1. The summed E-state index contributed by atoms with van der Waals surface area (Å²) in [5.74, 6) is -0.415. The highest BCUT2D eigenvalue weighted by Crippen LogP contribution is 2.22. The van der Waals surface area contributed by atoms with E-state index in [9.17, 15) is 9.59 Å². The molecule has 0 atom stereocenters. The van der Waals surface area contributed by atoms with E-state index in [0.29, 0.717) is 28.7 Å². The maximum absolute atomic E-state index is 12.0. The number of nitrogens with one attached hydrogen (secondary N) is 2. The maximum atomic E-state index is 12.0. The lowest BCUT2D eigenvalue weighted by Gasteiger charge is -2.20. The van der Waals surface area contributed by atoms with Gasteiger partial charge in [-0.05, 0) is 31.2 Å². The van der Waals surface area contributed by atoms with Crippen molar-refractivity contribution in [1.29, 1.82) is 0 Å². The van der Waals surface area contributed by atoms with Crippen LogP contribution in [-0.4, -0.2) is 49.4 Å². The van der Waals surface area contributed by atoms with Gasteiger partial charge in [0.25, 0.3) is 5.91 Å². The van der Waals surface area contributed by atoms with Crippen LogP contribution in [0.25, 0.3) is 0 Å². The van der Waals surface area contributed by atoms with E-state index < -0.39 is 0 Å². The van der Waals surface area contributed by atoms with Gasteiger partial charge in [-0.15, -0.1) is 12.4 Å². The monoisotopic (exact) mass is 365 g/mol. The third-order valence-electron chi connectivity index (χ3n) is 3.27. The fourth-order valence-electron chi connectivity index (χ4n) is 2.10. The second-order valence-electron chi connectivity index (χ2n) is 4.80. The van der Waals surface area contributed by atoms with Crippen LogP contribution >= 0.6 is 35.6 Å². The predicted molar refractivity (Wildman–Crippen MR) is 90.1 cm³/mol. The van der Waals surface area contributed by atoms with Gasteiger partial charge < -0.3 is 15.5 Å². The molecule has 22 heavy (non-hydrogen) atoms. The largest absolute Gasteiger partial charge is 0.343 e. The summed E-state index contributed by atoms with van der Waals surface area (Å²) in [6.45, 7) is 3.07. The summed E-state index contributed by atoms with van der Waals surface area (Å²) in [6, 6.07) is 4.62. The zero-order chi connectivity index (χ0) is 15.2. The lowest BCUT2D eigenvalue weighted by atomic mass is 10.2. The van der Waals surface area contributed by atoms with E-state index >= 15 is 0 Å². The molecule has 1 fully saturated rings. The van der Waals surface area contributed by atoms with Crippen molar-refractivity contribution in [3.05, 3.63) is 33.8 Å². The normalized spacial score (nSPS) is 14.7. The molecule has 2 amide bonds. The number of carbonyl (C=O) groups is 2. The average molecular weight is 367 g/mol. The van der Waals surface area contributed by atoms with Crippen LogP contribution in [0.2, 0.25) is 10.0 Å². The fourth-order valence-corrected chi connectivity index (χ4v) is 2.40.